The lowest BCUT2D eigenvalue weighted by Gasteiger charge is -2.16. The Labute approximate surface area is 116 Å². The van der Waals surface area contributed by atoms with E-state index in [-0.39, 0.29) is 17.2 Å². The van der Waals surface area contributed by atoms with E-state index in [0.29, 0.717) is 0 Å². The molecular formula is C15H18F2N2O. The number of nitrogens with two attached hydrogens (primary N) is 1. The molecule has 1 aromatic rings. The van der Waals surface area contributed by atoms with Gasteiger partial charge in [0.1, 0.15) is 0 Å². The molecule has 0 bridgehead atoms. The molecule has 3 N–H and O–H groups in total. The molecule has 2 unspecified atom stereocenters. The van der Waals surface area contributed by atoms with Gasteiger partial charge in [0.25, 0.3) is 5.92 Å². The third-order valence-electron chi connectivity index (χ3n) is 4.61. The molecule has 2 aliphatic rings. The second kappa shape index (κ2) is 4.52. The minimum absolute atomic E-state index is 0.0985. The summed E-state index contributed by atoms with van der Waals surface area (Å²) in [5, 5.41) is 2.35. The smallest absolute Gasteiger partial charge is 0.277 e. The van der Waals surface area contributed by atoms with Gasteiger partial charge in [-0.1, -0.05) is 24.3 Å². The molecule has 0 saturated heterocycles. The molecule has 0 heterocycles. The van der Waals surface area contributed by atoms with E-state index in [1.165, 1.54) is 11.1 Å². The SMILES string of the molecule is NCC(F)(F)CNC(=O)C1CC12CCc1ccccc12. The Balaban J connectivity index is 1.66. The van der Waals surface area contributed by atoms with Crippen molar-refractivity contribution in [2.24, 2.45) is 11.7 Å². The van der Waals surface area contributed by atoms with Crippen LogP contribution in [0.2, 0.25) is 0 Å². The first-order valence-corrected chi connectivity index (χ1v) is 6.92. The summed E-state index contributed by atoms with van der Waals surface area (Å²) >= 11 is 0. The van der Waals surface area contributed by atoms with Crippen LogP contribution < -0.4 is 11.1 Å². The quantitative estimate of drug-likeness (QED) is 0.880. The average Bonchev–Trinajstić information content (AvgIpc) is 3.07. The zero-order valence-electron chi connectivity index (χ0n) is 11.2. The van der Waals surface area contributed by atoms with Gasteiger partial charge >= 0.3 is 0 Å². The molecule has 3 rings (SSSR count). The van der Waals surface area contributed by atoms with Gasteiger partial charge in [-0.05, 0) is 30.4 Å². The average molecular weight is 280 g/mol. The molecule has 20 heavy (non-hydrogen) atoms. The van der Waals surface area contributed by atoms with E-state index < -0.39 is 19.0 Å². The molecule has 1 saturated carbocycles. The molecular weight excluding hydrogens is 262 g/mol. The number of carbonyl (C=O) groups is 1. The van der Waals surface area contributed by atoms with Gasteiger partial charge in [-0.3, -0.25) is 4.79 Å². The summed E-state index contributed by atoms with van der Waals surface area (Å²) in [5.41, 5.74) is 7.38. The number of fused-ring (bicyclic) bond motifs is 2. The van der Waals surface area contributed by atoms with Crippen molar-refractivity contribution in [2.75, 3.05) is 13.1 Å². The lowest BCUT2D eigenvalue weighted by atomic mass is 9.95. The van der Waals surface area contributed by atoms with Gasteiger partial charge < -0.3 is 11.1 Å². The standard InChI is InChI=1S/C15H18F2N2O/c16-15(17,8-18)9-19-13(20)12-7-14(12)6-5-10-3-1-2-4-11(10)14/h1-4,12H,5-9,18H2,(H,19,20). The number of aryl methyl sites for hydroxylation is 1. The van der Waals surface area contributed by atoms with Crippen molar-refractivity contribution >= 4 is 5.91 Å². The van der Waals surface area contributed by atoms with E-state index >= 15 is 0 Å². The molecule has 2 aliphatic carbocycles. The molecule has 1 fully saturated rings. The maximum Gasteiger partial charge on any atom is 0.277 e. The number of amides is 1. The van der Waals surface area contributed by atoms with E-state index in [9.17, 15) is 13.6 Å². The highest BCUT2D eigenvalue weighted by molar-refractivity contribution is 5.85. The normalized spacial score (nSPS) is 27.4. The molecule has 5 heteroatoms. The predicted octanol–water partition coefficient (Wildman–Crippen LogP) is 1.60. The third kappa shape index (κ3) is 2.10. The lowest BCUT2D eigenvalue weighted by Crippen LogP contribution is -2.42. The monoisotopic (exact) mass is 280 g/mol. The van der Waals surface area contributed by atoms with Gasteiger partial charge in [-0.25, -0.2) is 8.78 Å². The Morgan fingerprint density at radius 3 is 2.95 bits per heavy atom. The van der Waals surface area contributed by atoms with Crippen LogP contribution in [0.4, 0.5) is 8.78 Å². The topological polar surface area (TPSA) is 55.1 Å². The van der Waals surface area contributed by atoms with Crippen LogP contribution >= 0.6 is 0 Å². The summed E-state index contributed by atoms with van der Waals surface area (Å²) in [6, 6.07) is 8.11. The lowest BCUT2D eigenvalue weighted by molar-refractivity contribution is -0.124. The number of halogens is 2. The van der Waals surface area contributed by atoms with Crippen LogP contribution in [0.25, 0.3) is 0 Å². The highest BCUT2D eigenvalue weighted by Gasteiger charge is 2.61. The molecule has 0 radical (unpaired) electrons. The Hall–Kier alpha value is -1.49. The van der Waals surface area contributed by atoms with E-state index in [1.54, 1.807) is 0 Å². The number of benzene rings is 1. The van der Waals surface area contributed by atoms with Gasteiger partial charge in [-0.15, -0.1) is 0 Å². The van der Waals surface area contributed by atoms with Crippen molar-refractivity contribution in [3.05, 3.63) is 35.4 Å². The van der Waals surface area contributed by atoms with Gasteiger partial charge in [-0.2, -0.15) is 0 Å². The molecule has 1 spiro atoms. The first kappa shape index (κ1) is 13.5. The fourth-order valence-corrected chi connectivity index (χ4v) is 3.35. The zero-order chi connectivity index (χ0) is 14.4. The van der Waals surface area contributed by atoms with Crippen molar-refractivity contribution in [3.63, 3.8) is 0 Å². The van der Waals surface area contributed by atoms with Gasteiger partial charge in [0.2, 0.25) is 5.91 Å². The van der Waals surface area contributed by atoms with E-state index in [2.05, 4.69) is 17.4 Å². The highest BCUT2D eigenvalue weighted by Crippen LogP contribution is 2.61. The predicted molar refractivity (Wildman–Crippen MR) is 71.6 cm³/mol. The Morgan fingerprint density at radius 1 is 1.45 bits per heavy atom. The molecule has 108 valence electrons. The fraction of sp³-hybridized carbons (Fsp3) is 0.533. The number of nitrogens with one attached hydrogen (secondary N) is 1. The van der Waals surface area contributed by atoms with Crippen molar-refractivity contribution < 1.29 is 13.6 Å². The molecule has 2 atom stereocenters. The van der Waals surface area contributed by atoms with Gasteiger partial charge in [0, 0.05) is 11.3 Å². The highest BCUT2D eigenvalue weighted by atomic mass is 19.3. The van der Waals surface area contributed by atoms with Crippen LogP contribution in [0.5, 0.6) is 0 Å². The molecule has 0 aliphatic heterocycles. The minimum atomic E-state index is -3.02. The van der Waals surface area contributed by atoms with E-state index in [4.69, 9.17) is 5.73 Å². The Bertz CT molecular complexity index is 546. The fourth-order valence-electron chi connectivity index (χ4n) is 3.35. The molecule has 3 nitrogen and oxygen atoms in total. The molecule has 1 amide bonds. The molecule has 0 aromatic heterocycles. The third-order valence-corrected chi connectivity index (χ3v) is 4.61. The largest absolute Gasteiger partial charge is 0.350 e. The van der Waals surface area contributed by atoms with Crippen molar-refractivity contribution in [2.45, 2.75) is 30.6 Å². The van der Waals surface area contributed by atoms with Crippen LogP contribution in [0.1, 0.15) is 24.0 Å². The van der Waals surface area contributed by atoms with E-state index in [0.717, 1.165) is 19.3 Å². The number of alkyl halides is 2. The number of carbonyl (C=O) groups excluding carboxylic acids is 1. The van der Waals surface area contributed by atoms with Crippen molar-refractivity contribution in [3.8, 4) is 0 Å². The van der Waals surface area contributed by atoms with Crippen LogP contribution in [0.15, 0.2) is 24.3 Å². The first-order chi connectivity index (χ1) is 9.48. The second-order valence-electron chi connectivity index (χ2n) is 5.85. The van der Waals surface area contributed by atoms with Gasteiger partial charge in [0.05, 0.1) is 13.1 Å². The van der Waals surface area contributed by atoms with Crippen LogP contribution in [-0.2, 0) is 16.6 Å². The Morgan fingerprint density at radius 2 is 2.20 bits per heavy atom. The van der Waals surface area contributed by atoms with E-state index in [1.807, 2.05) is 12.1 Å². The van der Waals surface area contributed by atoms with Crippen molar-refractivity contribution in [1.82, 2.24) is 5.32 Å². The maximum absolute atomic E-state index is 13.1. The summed E-state index contributed by atoms with van der Waals surface area (Å²) in [7, 11) is 0. The van der Waals surface area contributed by atoms with Gasteiger partial charge in [0.15, 0.2) is 0 Å². The first-order valence-electron chi connectivity index (χ1n) is 6.92. The maximum atomic E-state index is 13.1. The second-order valence-corrected chi connectivity index (χ2v) is 5.85. The van der Waals surface area contributed by atoms with Crippen LogP contribution in [-0.4, -0.2) is 24.9 Å². The Kier molecular flexibility index (Phi) is 3.05. The van der Waals surface area contributed by atoms with Crippen LogP contribution in [0.3, 0.4) is 0 Å². The summed E-state index contributed by atoms with van der Waals surface area (Å²) in [4.78, 5) is 12.1. The van der Waals surface area contributed by atoms with Crippen molar-refractivity contribution in [1.29, 1.82) is 0 Å². The number of hydrogen-bond donors (Lipinski definition) is 2. The minimum Gasteiger partial charge on any atom is -0.350 e. The number of hydrogen-bond acceptors (Lipinski definition) is 2. The summed E-state index contributed by atoms with van der Waals surface area (Å²) in [6.07, 6.45) is 2.68. The summed E-state index contributed by atoms with van der Waals surface area (Å²) in [6.45, 7) is -1.41. The molecule has 1 aromatic carbocycles. The number of rotatable bonds is 4. The summed E-state index contributed by atoms with van der Waals surface area (Å²) in [5.74, 6) is -3.46. The zero-order valence-corrected chi connectivity index (χ0v) is 11.2. The van der Waals surface area contributed by atoms with Crippen LogP contribution in [0, 0.1) is 5.92 Å². The summed E-state index contributed by atoms with van der Waals surface area (Å²) < 4.78 is 26.1.